The summed E-state index contributed by atoms with van der Waals surface area (Å²) in [5, 5.41) is 3.13. The highest BCUT2D eigenvalue weighted by molar-refractivity contribution is 9.10. The number of carbonyl (C=O) groups is 1. The fourth-order valence-electron chi connectivity index (χ4n) is 2.64. The molecule has 2 aliphatic rings. The van der Waals surface area contributed by atoms with Crippen LogP contribution in [0.1, 0.15) is 48.6 Å². The van der Waals surface area contributed by atoms with Crippen molar-refractivity contribution in [2.24, 2.45) is 0 Å². The van der Waals surface area contributed by atoms with Crippen molar-refractivity contribution in [1.82, 2.24) is 9.88 Å². The summed E-state index contributed by atoms with van der Waals surface area (Å²) in [6.07, 6.45) is 10.3. The molecule has 3 rings (SSSR count). The first-order chi connectivity index (χ1) is 9.13. The molecule has 104 valence electrons. The Labute approximate surface area is 126 Å². The van der Waals surface area contributed by atoms with Gasteiger partial charge in [-0.25, -0.2) is 0 Å². The molecule has 2 fully saturated rings. The van der Waals surface area contributed by atoms with Crippen molar-refractivity contribution in [1.29, 1.82) is 0 Å². The third kappa shape index (κ3) is 2.72. The number of nitrogens with zero attached hydrogens (tertiary/aromatic N) is 1. The second-order valence-electron chi connectivity index (χ2n) is 5.61. The Balaban J connectivity index is 1.67. The smallest absolute Gasteiger partial charge is 0.268 e. The number of amides is 1. The van der Waals surface area contributed by atoms with E-state index in [2.05, 4.69) is 32.1 Å². The Hall–Kier alpha value is -0.420. The van der Waals surface area contributed by atoms with Crippen molar-refractivity contribution in [2.75, 3.05) is 12.8 Å². The van der Waals surface area contributed by atoms with Crippen LogP contribution in [-0.4, -0.2) is 28.0 Å². The molecule has 2 saturated carbocycles. The predicted molar refractivity (Wildman–Crippen MR) is 82.8 cm³/mol. The van der Waals surface area contributed by atoms with Gasteiger partial charge in [-0.15, -0.1) is 0 Å². The summed E-state index contributed by atoms with van der Waals surface area (Å²) >= 11 is 5.37. The zero-order valence-electron chi connectivity index (χ0n) is 11.1. The van der Waals surface area contributed by atoms with Crippen LogP contribution in [0.5, 0.6) is 0 Å². The van der Waals surface area contributed by atoms with Crippen LogP contribution in [0.3, 0.4) is 0 Å². The van der Waals surface area contributed by atoms with Crippen LogP contribution in [-0.2, 0) is 0 Å². The van der Waals surface area contributed by atoms with Gasteiger partial charge in [0.1, 0.15) is 5.69 Å². The number of carbonyl (C=O) groups excluding carboxylic acids is 1. The van der Waals surface area contributed by atoms with E-state index in [9.17, 15) is 4.79 Å². The summed E-state index contributed by atoms with van der Waals surface area (Å²) in [5.41, 5.74) is 0.796. The van der Waals surface area contributed by atoms with Gasteiger partial charge in [0.05, 0.1) is 0 Å². The molecule has 5 heteroatoms. The van der Waals surface area contributed by atoms with Gasteiger partial charge in [0.25, 0.3) is 5.91 Å². The van der Waals surface area contributed by atoms with E-state index in [1.807, 2.05) is 24.0 Å². The third-order valence-electron chi connectivity index (χ3n) is 4.26. The van der Waals surface area contributed by atoms with E-state index >= 15 is 0 Å². The second kappa shape index (κ2) is 5.17. The number of nitrogens with one attached hydrogen (secondary N) is 1. The topological polar surface area (TPSA) is 34.0 Å². The molecule has 1 aromatic rings. The number of rotatable bonds is 5. The van der Waals surface area contributed by atoms with Crippen molar-refractivity contribution in [2.45, 2.75) is 42.9 Å². The van der Waals surface area contributed by atoms with Crippen LogP contribution < -0.4 is 5.32 Å². The van der Waals surface area contributed by atoms with Crippen LogP contribution in [0.15, 0.2) is 16.7 Å². The van der Waals surface area contributed by atoms with E-state index in [0.717, 1.165) is 16.7 Å². The summed E-state index contributed by atoms with van der Waals surface area (Å²) in [7, 11) is 0. The number of hydrogen-bond acceptors (Lipinski definition) is 2. The first-order valence-electron chi connectivity index (χ1n) is 6.84. The molecule has 0 aromatic carbocycles. The van der Waals surface area contributed by atoms with Gasteiger partial charge in [-0.3, -0.25) is 4.79 Å². The molecule has 2 aliphatic carbocycles. The molecular formula is C14H19BrN2OS. The van der Waals surface area contributed by atoms with Crippen molar-refractivity contribution in [3.63, 3.8) is 0 Å². The quantitative estimate of drug-likeness (QED) is 0.886. The van der Waals surface area contributed by atoms with Gasteiger partial charge in [-0.1, -0.05) is 6.42 Å². The van der Waals surface area contributed by atoms with Crippen LogP contribution in [0.2, 0.25) is 0 Å². The fourth-order valence-corrected chi connectivity index (χ4v) is 3.99. The average molecular weight is 343 g/mol. The van der Waals surface area contributed by atoms with E-state index in [1.165, 1.54) is 32.1 Å². The van der Waals surface area contributed by atoms with Crippen LogP contribution in [0.25, 0.3) is 0 Å². The van der Waals surface area contributed by atoms with E-state index < -0.39 is 0 Å². The zero-order valence-corrected chi connectivity index (χ0v) is 13.5. The van der Waals surface area contributed by atoms with Crippen molar-refractivity contribution >= 4 is 33.6 Å². The summed E-state index contributed by atoms with van der Waals surface area (Å²) < 4.78 is 3.41. The lowest BCUT2D eigenvalue weighted by molar-refractivity contribution is 0.0934. The molecule has 1 amide bonds. The Morgan fingerprint density at radius 1 is 1.58 bits per heavy atom. The molecular weight excluding hydrogens is 324 g/mol. The Kier molecular flexibility index (Phi) is 3.69. The fraction of sp³-hybridized carbons (Fsp3) is 0.643. The summed E-state index contributed by atoms with van der Waals surface area (Å²) in [4.78, 5) is 12.4. The molecule has 0 atom stereocenters. The maximum absolute atomic E-state index is 12.4. The molecule has 0 unspecified atom stereocenters. The van der Waals surface area contributed by atoms with Gasteiger partial charge in [0, 0.05) is 28.0 Å². The number of thioether (sulfide) groups is 1. The Morgan fingerprint density at radius 2 is 2.32 bits per heavy atom. The molecule has 1 heterocycles. The lowest BCUT2D eigenvalue weighted by Crippen LogP contribution is -2.45. The molecule has 0 bridgehead atoms. The zero-order chi connectivity index (χ0) is 13.5. The first-order valence-corrected chi connectivity index (χ1v) is 8.86. The molecule has 19 heavy (non-hydrogen) atoms. The summed E-state index contributed by atoms with van der Waals surface area (Å²) in [6, 6.07) is 2.46. The van der Waals surface area contributed by atoms with Crippen LogP contribution in [0, 0.1) is 0 Å². The molecule has 1 N–H and O–H groups in total. The Morgan fingerprint density at radius 3 is 2.84 bits per heavy atom. The van der Waals surface area contributed by atoms with Crippen molar-refractivity contribution < 1.29 is 4.79 Å². The summed E-state index contributed by atoms with van der Waals surface area (Å²) in [5.74, 6) is 0.0675. The predicted octanol–water partition coefficient (Wildman–Crippen LogP) is 3.60. The lowest BCUT2D eigenvalue weighted by Gasteiger charge is -2.40. The normalized spacial score (nSPS) is 20.9. The molecule has 0 saturated heterocycles. The SMILES string of the molecule is CSC1(CNC(=O)c2cc(Br)cn2C2CC2)CCC1. The van der Waals surface area contributed by atoms with Crippen molar-refractivity contribution in [3.8, 4) is 0 Å². The highest BCUT2D eigenvalue weighted by Crippen LogP contribution is 2.42. The van der Waals surface area contributed by atoms with E-state index in [1.54, 1.807) is 0 Å². The van der Waals surface area contributed by atoms with Gasteiger partial charge in [0.2, 0.25) is 0 Å². The van der Waals surface area contributed by atoms with Gasteiger partial charge >= 0.3 is 0 Å². The Bertz CT molecular complexity index is 486. The first kappa shape index (κ1) is 13.6. The third-order valence-corrected chi connectivity index (χ3v) is 6.11. The summed E-state index contributed by atoms with van der Waals surface area (Å²) in [6.45, 7) is 0.792. The largest absolute Gasteiger partial charge is 0.349 e. The highest BCUT2D eigenvalue weighted by Gasteiger charge is 2.36. The van der Waals surface area contributed by atoms with Crippen molar-refractivity contribution in [3.05, 3.63) is 22.4 Å². The minimum atomic E-state index is 0.0675. The monoisotopic (exact) mass is 342 g/mol. The average Bonchev–Trinajstić information content (AvgIpc) is 3.11. The molecule has 0 radical (unpaired) electrons. The van der Waals surface area contributed by atoms with Crippen LogP contribution >= 0.6 is 27.7 Å². The van der Waals surface area contributed by atoms with E-state index in [-0.39, 0.29) is 5.91 Å². The van der Waals surface area contributed by atoms with Gasteiger partial charge < -0.3 is 9.88 Å². The lowest BCUT2D eigenvalue weighted by atomic mass is 9.84. The minimum Gasteiger partial charge on any atom is -0.349 e. The maximum atomic E-state index is 12.4. The highest BCUT2D eigenvalue weighted by atomic mass is 79.9. The molecule has 0 aliphatic heterocycles. The number of aromatic nitrogens is 1. The van der Waals surface area contributed by atoms with Crippen LogP contribution in [0.4, 0.5) is 0 Å². The standard InChI is InChI=1S/C14H19BrN2OS/c1-19-14(5-2-6-14)9-16-13(18)12-7-10(15)8-17(12)11-3-4-11/h7-8,11H,2-6,9H2,1H3,(H,16,18). The molecule has 3 nitrogen and oxygen atoms in total. The van der Waals surface area contributed by atoms with Gasteiger partial charge in [0.15, 0.2) is 0 Å². The van der Waals surface area contributed by atoms with E-state index in [4.69, 9.17) is 0 Å². The van der Waals surface area contributed by atoms with E-state index in [0.29, 0.717) is 10.8 Å². The van der Waals surface area contributed by atoms with Gasteiger partial charge in [-0.05, 0) is 53.9 Å². The maximum Gasteiger partial charge on any atom is 0.268 e. The number of hydrogen-bond donors (Lipinski definition) is 1. The minimum absolute atomic E-state index is 0.0675. The van der Waals surface area contributed by atoms with Gasteiger partial charge in [-0.2, -0.15) is 11.8 Å². The number of halogens is 1. The molecule has 1 aromatic heterocycles. The second-order valence-corrected chi connectivity index (χ2v) is 7.80. The molecule has 0 spiro atoms.